The van der Waals surface area contributed by atoms with E-state index in [1.54, 1.807) is 26.0 Å². The molecule has 0 bridgehead atoms. The van der Waals surface area contributed by atoms with E-state index in [-0.39, 0.29) is 17.2 Å². The predicted molar refractivity (Wildman–Crippen MR) is 72.6 cm³/mol. The molecule has 1 aromatic heterocycles. The molecule has 0 saturated carbocycles. The first-order chi connectivity index (χ1) is 9.90. The zero-order valence-electron chi connectivity index (χ0n) is 11.5. The van der Waals surface area contributed by atoms with Crippen molar-refractivity contribution >= 4 is 11.9 Å². The Hall–Kier alpha value is -2.70. The molecule has 7 heteroatoms. The van der Waals surface area contributed by atoms with Gasteiger partial charge < -0.3 is 15.4 Å². The van der Waals surface area contributed by atoms with E-state index in [2.05, 4.69) is 15.3 Å². The van der Waals surface area contributed by atoms with Crippen molar-refractivity contribution in [2.75, 3.05) is 0 Å². The third kappa shape index (κ3) is 3.07. The molecule has 0 aliphatic carbocycles. The number of benzene rings is 1. The van der Waals surface area contributed by atoms with E-state index >= 15 is 0 Å². The average molecular weight is 291 g/mol. The van der Waals surface area contributed by atoms with Crippen LogP contribution >= 0.6 is 0 Å². The quantitative estimate of drug-likeness (QED) is 0.803. The number of halogens is 1. The minimum absolute atomic E-state index is 0.207. The average Bonchev–Trinajstić information content (AvgIpc) is 2.91. The second-order valence-corrected chi connectivity index (χ2v) is 4.64. The molecule has 0 fully saturated rings. The number of aryl methyl sites for hydroxylation is 1. The van der Waals surface area contributed by atoms with E-state index in [0.717, 1.165) is 6.33 Å². The van der Waals surface area contributed by atoms with Gasteiger partial charge in [0.05, 0.1) is 12.4 Å². The molecule has 0 radical (unpaired) electrons. The van der Waals surface area contributed by atoms with Gasteiger partial charge in [-0.2, -0.15) is 0 Å². The van der Waals surface area contributed by atoms with Crippen LogP contribution in [0, 0.1) is 12.7 Å². The highest BCUT2D eigenvalue weighted by Crippen LogP contribution is 2.17. The number of amides is 1. The molecular formula is C14H14FN3O3. The monoisotopic (exact) mass is 291 g/mol. The molecule has 2 aromatic rings. The van der Waals surface area contributed by atoms with Gasteiger partial charge in [0.25, 0.3) is 5.91 Å². The van der Waals surface area contributed by atoms with Crippen LogP contribution in [0.3, 0.4) is 0 Å². The van der Waals surface area contributed by atoms with Crippen LogP contribution in [0.25, 0.3) is 0 Å². The van der Waals surface area contributed by atoms with Crippen molar-refractivity contribution < 1.29 is 19.1 Å². The fraction of sp³-hybridized carbons (Fsp3) is 0.214. The minimum atomic E-state index is -1.27. The number of aromatic amines is 1. The van der Waals surface area contributed by atoms with E-state index in [4.69, 9.17) is 5.11 Å². The van der Waals surface area contributed by atoms with Crippen molar-refractivity contribution in [1.82, 2.24) is 15.3 Å². The first-order valence-electron chi connectivity index (χ1n) is 6.23. The van der Waals surface area contributed by atoms with Gasteiger partial charge in [0.1, 0.15) is 5.82 Å². The fourth-order valence-corrected chi connectivity index (χ4v) is 1.86. The molecule has 21 heavy (non-hydrogen) atoms. The number of carboxylic acids is 1. The topological polar surface area (TPSA) is 95.1 Å². The Morgan fingerprint density at radius 1 is 1.43 bits per heavy atom. The van der Waals surface area contributed by atoms with E-state index in [9.17, 15) is 14.0 Å². The SMILES string of the molecule is Cc1ccc(C(C)NC(=O)c2nc[nH]c2C(=O)O)cc1F. The number of imidazole rings is 1. The zero-order chi connectivity index (χ0) is 15.6. The normalized spacial score (nSPS) is 12.0. The van der Waals surface area contributed by atoms with Crippen molar-refractivity contribution in [2.24, 2.45) is 0 Å². The number of nitrogens with zero attached hydrogens (tertiary/aromatic N) is 1. The van der Waals surface area contributed by atoms with Gasteiger partial charge in [-0.3, -0.25) is 4.79 Å². The standard InChI is InChI=1S/C14H14FN3O3/c1-7-3-4-9(5-10(7)15)8(2)18-13(19)11-12(14(20)21)17-6-16-11/h3-6,8H,1-2H3,(H,16,17)(H,18,19)(H,20,21). The summed E-state index contributed by atoms with van der Waals surface area (Å²) in [5, 5.41) is 11.5. The maximum absolute atomic E-state index is 13.5. The Labute approximate surface area is 120 Å². The zero-order valence-corrected chi connectivity index (χ0v) is 11.5. The molecule has 2 rings (SSSR count). The van der Waals surface area contributed by atoms with Crippen LogP contribution in [0.15, 0.2) is 24.5 Å². The van der Waals surface area contributed by atoms with Crippen molar-refractivity contribution in [3.8, 4) is 0 Å². The van der Waals surface area contributed by atoms with Crippen LogP contribution < -0.4 is 5.32 Å². The Morgan fingerprint density at radius 2 is 2.14 bits per heavy atom. The molecule has 1 amide bonds. The Bertz CT molecular complexity index is 697. The molecule has 0 aliphatic heterocycles. The molecule has 1 heterocycles. The van der Waals surface area contributed by atoms with Crippen LogP contribution in [-0.2, 0) is 0 Å². The number of carbonyl (C=O) groups is 2. The van der Waals surface area contributed by atoms with Crippen molar-refractivity contribution in [2.45, 2.75) is 19.9 Å². The fourth-order valence-electron chi connectivity index (χ4n) is 1.86. The molecule has 0 saturated heterocycles. The summed E-state index contributed by atoms with van der Waals surface area (Å²) in [5.74, 6) is -2.27. The molecule has 1 atom stereocenters. The van der Waals surface area contributed by atoms with Crippen molar-refractivity contribution in [1.29, 1.82) is 0 Å². The first-order valence-corrected chi connectivity index (χ1v) is 6.23. The molecule has 6 nitrogen and oxygen atoms in total. The number of rotatable bonds is 4. The van der Waals surface area contributed by atoms with Gasteiger partial charge in [-0.25, -0.2) is 14.2 Å². The summed E-state index contributed by atoms with van der Waals surface area (Å²) in [5.41, 5.74) is 0.605. The van der Waals surface area contributed by atoms with E-state index in [1.807, 2.05) is 0 Å². The summed E-state index contributed by atoms with van der Waals surface area (Å²) in [6.07, 6.45) is 1.13. The van der Waals surface area contributed by atoms with E-state index in [1.165, 1.54) is 6.07 Å². The molecule has 0 aliphatic rings. The summed E-state index contributed by atoms with van der Waals surface area (Å²) in [4.78, 5) is 29.0. The van der Waals surface area contributed by atoms with Gasteiger partial charge in [-0.05, 0) is 31.0 Å². The minimum Gasteiger partial charge on any atom is -0.477 e. The van der Waals surface area contributed by atoms with Crippen molar-refractivity contribution in [3.05, 3.63) is 52.9 Å². The second-order valence-electron chi connectivity index (χ2n) is 4.64. The van der Waals surface area contributed by atoms with Crippen LogP contribution in [0.5, 0.6) is 0 Å². The van der Waals surface area contributed by atoms with Crippen LogP contribution in [0.4, 0.5) is 4.39 Å². The second kappa shape index (κ2) is 5.74. The number of H-pyrrole nitrogens is 1. The van der Waals surface area contributed by atoms with Gasteiger partial charge in [0, 0.05) is 0 Å². The maximum atomic E-state index is 13.5. The summed E-state index contributed by atoms with van der Waals surface area (Å²) in [7, 11) is 0. The summed E-state index contributed by atoms with van der Waals surface area (Å²) >= 11 is 0. The lowest BCUT2D eigenvalue weighted by Crippen LogP contribution is -2.28. The lowest BCUT2D eigenvalue weighted by Gasteiger charge is -2.14. The highest BCUT2D eigenvalue weighted by Gasteiger charge is 2.21. The molecular weight excluding hydrogens is 277 g/mol. The summed E-state index contributed by atoms with van der Waals surface area (Å²) in [6, 6.07) is 4.17. The predicted octanol–water partition coefficient (Wildman–Crippen LogP) is 2.05. The number of aromatic carboxylic acids is 1. The lowest BCUT2D eigenvalue weighted by atomic mass is 10.1. The van der Waals surface area contributed by atoms with E-state index < -0.39 is 17.9 Å². The molecule has 110 valence electrons. The van der Waals surface area contributed by atoms with E-state index in [0.29, 0.717) is 11.1 Å². The third-order valence-corrected chi connectivity index (χ3v) is 3.11. The van der Waals surface area contributed by atoms with Gasteiger partial charge in [-0.15, -0.1) is 0 Å². The number of nitrogens with one attached hydrogen (secondary N) is 2. The van der Waals surface area contributed by atoms with Crippen LogP contribution in [0.2, 0.25) is 0 Å². The van der Waals surface area contributed by atoms with Gasteiger partial charge >= 0.3 is 5.97 Å². The first kappa shape index (κ1) is 14.7. The van der Waals surface area contributed by atoms with Crippen molar-refractivity contribution in [3.63, 3.8) is 0 Å². The van der Waals surface area contributed by atoms with Gasteiger partial charge in [0.2, 0.25) is 0 Å². The van der Waals surface area contributed by atoms with Crippen LogP contribution in [0.1, 0.15) is 45.1 Å². The number of hydrogen-bond acceptors (Lipinski definition) is 3. The summed E-state index contributed by atoms with van der Waals surface area (Å²) in [6.45, 7) is 3.32. The Kier molecular flexibility index (Phi) is 4.02. The highest BCUT2D eigenvalue weighted by molar-refractivity contribution is 6.02. The Morgan fingerprint density at radius 3 is 2.76 bits per heavy atom. The van der Waals surface area contributed by atoms with Gasteiger partial charge in [-0.1, -0.05) is 12.1 Å². The lowest BCUT2D eigenvalue weighted by molar-refractivity contribution is 0.0684. The molecule has 3 N–H and O–H groups in total. The third-order valence-electron chi connectivity index (χ3n) is 3.11. The molecule has 1 aromatic carbocycles. The molecule has 0 spiro atoms. The Balaban J connectivity index is 2.17. The number of carbonyl (C=O) groups excluding carboxylic acids is 1. The number of aromatic nitrogens is 2. The van der Waals surface area contributed by atoms with Gasteiger partial charge in [0.15, 0.2) is 11.4 Å². The smallest absolute Gasteiger partial charge is 0.354 e. The maximum Gasteiger partial charge on any atom is 0.354 e. The molecule has 1 unspecified atom stereocenters. The summed E-state index contributed by atoms with van der Waals surface area (Å²) < 4.78 is 13.5. The highest BCUT2D eigenvalue weighted by atomic mass is 19.1. The number of hydrogen-bond donors (Lipinski definition) is 3. The largest absolute Gasteiger partial charge is 0.477 e. The number of carboxylic acid groups (broad SMARTS) is 1. The van der Waals surface area contributed by atoms with Crippen LogP contribution in [-0.4, -0.2) is 27.0 Å².